The summed E-state index contributed by atoms with van der Waals surface area (Å²) in [7, 11) is 0. The van der Waals surface area contributed by atoms with Crippen LogP contribution in [-0.2, 0) is 0 Å². The second-order valence-electron chi connectivity index (χ2n) is 5.47. The van der Waals surface area contributed by atoms with Gasteiger partial charge in [-0.15, -0.1) is 0 Å². The van der Waals surface area contributed by atoms with Crippen molar-refractivity contribution in [3.8, 4) is 0 Å². The van der Waals surface area contributed by atoms with Crippen molar-refractivity contribution < 1.29 is 9.31 Å². The number of likely N-dealkylation sites (tertiary alicyclic amines) is 1. The summed E-state index contributed by atoms with van der Waals surface area (Å²) in [5.74, 6) is -0.586. The molecule has 0 atom stereocenters. The molecule has 2 rings (SSSR count). The third-order valence-electron chi connectivity index (χ3n) is 3.78. The summed E-state index contributed by atoms with van der Waals surface area (Å²) in [4.78, 5) is 12.8. The Morgan fingerprint density at radius 3 is 2.60 bits per heavy atom. The van der Waals surface area contributed by atoms with Crippen molar-refractivity contribution in [2.45, 2.75) is 38.8 Å². The van der Waals surface area contributed by atoms with Crippen LogP contribution in [0.25, 0.3) is 0 Å². The van der Waals surface area contributed by atoms with Crippen molar-refractivity contribution in [2.24, 2.45) is 0 Å². The number of halogens is 1. The van der Waals surface area contributed by atoms with Gasteiger partial charge in [0.25, 0.3) is 5.69 Å². The minimum absolute atomic E-state index is 0.198. The number of nitro benzene ring substituents is 1. The van der Waals surface area contributed by atoms with E-state index in [0.29, 0.717) is 11.7 Å². The van der Waals surface area contributed by atoms with E-state index in [0.717, 1.165) is 32.0 Å². The molecule has 1 aliphatic heterocycles. The summed E-state index contributed by atoms with van der Waals surface area (Å²) in [6.45, 7) is 6.28. The van der Waals surface area contributed by atoms with Gasteiger partial charge in [-0.25, -0.2) is 4.39 Å². The zero-order valence-electron chi connectivity index (χ0n) is 11.8. The normalized spacial score (nSPS) is 17.4. The molecule has 6 heteroatoms. The predicted octanol–water partition coefficient (Wildman–Crippen LogP) is 3.02. The Morgan fingerprint density at radius 1 is 1.40 bits per heavy atom. The molecule has 0 amide bonds. The van der Waals surface area contributed by atoms with E-state index in [1.165, 1.54) is 12.1 Å². The van der Waals surface area contributed by atoms with Crippen LogP contribution in [0.5, 0.6) is 0 Å². The lowest BCUT2D eigenvalue weighted by atomic mass is 10.0. The first-order chi connectivity index (χ1) is 9.47. The van der Waals surface area contributed by atoms with E-state index in [1.54, 1.807) is 0 Å². The zero-order chi connectivity index (χ0) is 14.7. The monoisotopic (exact) mass is 281 g/mol. The van der Waals surface area contributed by atoms with Gasteiger partial charge in [-0.2, -0.15) is 0 Å². The molecule has 0 spiro atoms. The lowest BCUT2D eigenvalue weighted by molar-refractivity contribution is -0.384. The molecule has 0 saturated carbocycles. The Kier molecular flexibility index (Phi) is 4.54. The van der Waals surface area contributed by atoms with Crippen molar-refractivity contribution >= 4 is 11.4 Å². The Balaban J connectivity index is 2.03. The molecule has 0 radical (unpaired) electrons. The summed E-state index contributed by atoms with van der Waals surface area (Å²) < 4.78 is 13.1. The molecule has 1 heterocycles. The average Bonchev–Trinajstić information content (AvgIpc) is 2.41. The van der Waals surface area contributed by atoms with Crippen molar-refractivity contribution in [3.05, 3.63) is 34.1 Å². The standard InChI is InChI=1S/C14H20FN3O2/c1-10(2)17-7-5-12(6-8-17)16-13-4-3-11(15)9-14(13)18(19)20/h3-4,9-10,12,16H,5-8H2,1-2H3. The van der Waals surface area contributed by atoms with Crippen LogP contribution in [0.4, 0.5) is 15.8 Å². The highest BCUT2D eigenvalue weighted by molar-refractivity contribution is 5.61. The molecule has 110 valence electrons. The van der Waals surface area contributed by atoms with Gasteiger partial charge in [-0.3, -0.25) is 10.1 Å². The summed E-state index contributed by atoms with van der Waals surface area (Å²) in [6.07, 6.45) is 1.87. The van der Waals surface area contributed by atoms with Gasteiger partial charge in [0.1, 0.15) is 11.5 Å². The van der Waals surface area contributed by atoms with Crippen molar-refractivity contribution in [3.63, 3.8) is 0 Å². The van der Waals surface area contributed by atoms with Crippen LogP contribution in [0.3, 0.4) is 0 Å². The largest absolute Gasteiger partial charge is 0.377 e. The van der Waals surface area contributed by atoms with Gasteiger partial charge >= 0.3 is 0 Å². The maximum Gasteiger partial charge on any atom is 0.295 e. The smallest absolute Gasteiger partial charge is 0.295 e. The second kappa shape index (κ2) is 6.17. The zero-order valence-corrected chi connectivity index (χ0v) is 11.8. The van der Waals surface area contributed by atoms with Crippen molar-refractivity contribution in [1.82, 2.24) is 4.90 Å². The lowest BCUT2D eigenvalue weighted by Gasteiger charge is -2.35. The van der Waals surface area contributed by atoms with E-state index in [1.807, 2.05) is 0 Å². The summed E-state index contributed by atoms with van der Waals surface area (Å²) in [5.41, 5.74) is 0.204. The van der Waals surface area contributed by atoms with Gasteiger partial charge < -0.3 is 10.2 Å². The molecule has 1 aliphatic rings. The molecule has 0 aliphatic carbocycles. The third kappa shape index (κ3) is 3.45. The van der Waals surface area contributed by atoms with Crippen LogP contribution >= 0.6 is 0 Å². The van der Waals surface area contributed by atoms with Gasteiger partial charge in [0.05, 0.1) is 11.0 Å². The van der Waals surface area contributed by atoms with E-state index < -0.39 is 10.7 Å². The van der Waals surface area contributed by atoms with E-state index in [2.05, 4.69) is 24.1 Å². The predicted molar refractivity (Wildman–Crippen MR) is 76.4 cm³/mol. The maximum absolute atomic E-state index is 13.1. The highest BCUT2D eigenvalue weighted by atomic mass is 19.1. The molecule has 5 nitrogen and oxygen atoms in total. The number of piperidine rings is 1. The first-order valence-corrected chi connectivity index (χ1v) is 6.92. The number of benzene rings is 1. The molecule has 1 fully saturated rings. The molecular formula is C14H20FN3O2. The second-order valence-corrected chi connectivity index (χ2v) is 5.47. The van der Waals surface area contributed by atoms with Crippen LogP contribution in [-0.4, -0.2) is 35.0 Å². The fourth-order valence-electron chi connectivity index (χ4n) is 2.56. The van der Waals surface area contributed by atoms with Crippen LogP contribution in [0.15, 0.2) is 18.2 Å². The van der Waals surface area contributed by atoms with Crippen molar-refractivity contribution in [1.29, 1.82) is 0 Å². The topological polar surface area (TPSA) is 58.4 Å². The Morgan fingerprint density at radius 2 is 2.05 bits per heavy atom. The number of rotatable bonds is 4. The van der Waals surface area contributed by atoms with E-state index in [-0.39, 0.29) is 11.7 Å². The fourth-order valence-corrected chi connectivity index (χ4v) is 2.56. The SMILES string of the molecule is CC(C)N1CCC(Nc2ccc(F)cc2[N+](=O)[O-])CC1. The summed E-state index contributed by atoms with van der Waals surface area (Å²) in [6, 6.07) is 4.39. The lowest BCUT2D eigenvalue weighted by Crippen LogP contribution is -2.42. The number of nitro groups is 1. The summed E-state index contributed by atoms with van der Waals surface area (Å²) in [5, 5.41) is 14.1. The van der Waals surface area contributed by atoms with E-state index in [9.17, 15) is 14.5 Å². The quantitative estimate of drug-likeness (QED) is 0.681. The highest BCUT2D eigenvalue weighted by Gasteiger charge is 2.23. The molecule has 20 heavy (non-hydrogen) atoms. The minimum Gasteiger partial charge on any atom is -0.377 e. The molecule has 1 saturated heterocycles. The Hall–Kier alpha value is -1.69. The Labute approximate surface area is 117 Å². The fraction of sp³-hybridized carbons (Fsp3) is 0.571. The van der Waals surface area contributed by atoms with Crippen LogP contribution in [0.1, 0.15) is 26.7 Å². The maximum atomic E-state index is 13.1. The molecule has 0 bridgehead atoms. The molecule has 1 N–H and O–H groups in total. The Bertz CT molecular complexity index is 485. The first kappa shape index (κ1) is 14.7. The number of hydrogen-bond donors (Lipinski definition) is 1. The van der Waals surface area contributed by atoms with Crippen molar-refractivity contribution in [2.75, 3.05) is 18.4 Å². The van der Waals surface area contributed by atoms with E-state index in [4.69, 9.17) is 0 Å². The molecule has 1 aromatic rings. The van der Waals surface area contributed by atoms with Gasteiger partial charge in [-0.1, -0.05) is 0 Å². The van der Waals surface area contributed by atoms with Gasteiger partial charge in [0.2, 0.25) is 0 Å². The number of hydrogen-bond acceptors (Lipinski definition) is 4. The number of nitrogens with zero attached hydrogens (tertiary/aromatic N) is 2. The van der Waals surface area contributed by atoms with E-state index >= 15 is 0 Å². The molecule has 0 aromatic heterocycles. The molecule has 1 aromatic carbocycles. The van der Waals surface area contributed by atoms with Gasteiger partial charge in [0.15, 0.2) is 0 Å². The van der Waals surface area contributed by atoms with Crippen LogP contribution < -0.4 is 5.32 Å². The average molecular weight is 281 g/mol. The minimum atomic E-state index is -0.586. The van der Waals surface area contributed by atoms with Crippen LogP contribution in [0.2, 0.25) is 0 Å². The number of nitrogens with one attached hydrogen (secondary N) is 1. The third-order valence-corrected chi connectivity index (χ3v) is 3.78. The summed E-state index contributed by atoms with van der Waals surface area (Å²) >= 11 is 0. The first-order valence-electron chi connectivity index (χ1n) is 6.92. The van der Waals surface area contributed by atoms with Gasteiger partial charge in [0, 0.05) is 25.2 Å². The molecular weight excluding hydrogens is 261 g/mol. The van der Waals surface area contributed by atoms with Gasteiger partial charge in [-0.05, 0) is 38.8 Å². The molecule has 0 unspecified atom stereocenters. The number of anilines is 1. The van der Waals surface area contributed by atoms with Crippen LogP contribution in [0, 0.1) is 15.9 Å². The highest BCUT2D eigenvalue weighted by Crippen LogP contribution is 2.27.